The highest BCUT2D eigenvalue weighted by Crippen LogP contribution is 2.39. The summed E-state index contributed by atoms with van der Waals surface area (Å²) < 4.78 is 41.9. The van der Waals surface area contributed by atoms with E-state index in [1.54, 1.807) is 23.1 Å². The molecule has 270 valence electrons. The number of hydrogen-bond acceptors (Lipinski definition) is 10. The van der Waals surface area contributed by atoms with Crippen LogP contribution in [0.15, 0.2) is 36.8 Å². The van der Waals surface area contributed by atoms with Gasteiger partial charge < -0.3 is 36.5 Å². The van der Waals surface area contributed by atoms with E-state index in [1.165, 1.54) is 12.4 Å². The molecule has 15 nitrogen and oxygen atoms in total. The molecule has 5 heterocycles. The number of piperazine rings is 1. The topological polar surface area (TPSA) is 203 Å². The number of carbonyl (C=O) groups is 3. The largest absolute Gasteiger partial charge is 0.435 e. The molecule has 2 fully saturated rings. The lowest BCUT2D eigenvalue weighted by atomic mass is 9.96. The van der Waals surface area contributed by atoms with Crippen LogP contribution in [0.2, 0.25) is 5.02 Å². The van der Waals surface area contributed by atoms with Gasteiger partial charge >= 0.3 is 6.18 Å². The molecule has 0 radical (unpaired) electrons. The van der Waals surface area contributed by atoms with E-state index in [0.717, 1.165) is 32.1 Å². The Kier molecular flexibility index (Phi) is 10.8. The van der Waals surface area contributed by atoms with E-state index < -0.39 is 23.3 Å². The quantitative estimate of drug-likeness (QED) is 0.141. The van der Waals surface area contributed by atoms with Gasteiger partial charge in [-0.2, -0.15) is 18.3 Å². The van der Waals surface area contributed by atoms with Crippen molar-refractivity contribution in [2.24, 2.45) is 11.7 Å². The van der Waals surface area contributed by atoms with Gasteiger partial charge in [0.25, 0.3) is 11.8 Å². The van der Waals surface area contributed by atoms with Gasteiger partial charge in [-0.15, -0.1) is 0 Å². The number of H-pyrrole nitrogens is 2. The average Bonchev–Trinajstić information content (AvgIpc) is 3.82. The molecule has 2 saturated heterocycles. The van der Waals surface area contributed by atoms with Crippen molar-refractivity contribution in [2.45, 2.75) is 25.6 Å². The van der Waals surface area contributed by atoms with Crippen molar-refractivity contribution in [1.29, 1.82) is 0 Å². The third-order valence-electron chi connectivity index (χ3n) is 8.73. The molecular formula is C32H36ClF3N12O3. The highest BCUT2D eigenvalue weighted by molar-refractivity contribution is 6.33. The number of nitrogens with one attached hydrogen (secondary N) is 5. The monoisotopic (exact) mass is 728 g/mol. The second-order valence-electron chi connectivity index (χ2n) is 12.1. The fourth-order valence-electron chi connectivity index (χ4n) is 6.04. The number of alkyl halides is 3. The van der Waals surface area contributed by atoms with E-state index in [2.05, 4.69) is 46.1 Å². The van der Waals surface area contributed by atoms with E-state index in [0.29, 0.717) is 56.1 Å². The van der Waals surface area contributed by atoms with Crippen LogP contribution in [0.4, 0.5) is 18.9 Å². The number of aromatic nitrogens is 6. The molecular weight excluding hydrogens is 693 g/mol. The molecule has 51 heavy (non-hydrogen) atoms. The van der Waals surface area contributed by atoms with Crippen molar-refractivity contribution in [2.75, 3.05) is 57.7 Å². The summed E-state index contributed by atoms with van der Waals surface area (Å²) in [5.41, 5.74) is 4.98. The highest BCUT2D eigenvalue weighted by atomic mass is 35.5. The number of halogens is 4. The number of rotatable bonds is 10. The average molecular weight is 729 g/mol. The molecule has 19 heteroatoms. The summed E-state index contributed by atoms with van der Waals surface area (Å²) >= 11 is 6.50. The summed E-state index contributed by atoms with van der Waals surface area (Å²) in [7, 11) is 0. The number of imidazole rings is 1. The van der Waals surface area contributed by atoms with Crippen LogP contribution >= 0.6 is 11.6 Å². The molecule has 6 rings (SSSR count). The number of piperidine rings is 1. The Balaban J connectivity index is 1.08. The van der Waals surface area contributed by atoms with Gasteiger partial charge in [-0.3, -0.25) is 19.5 Å². The minimum atomic E-state index is -4.84. The molecule has 1 aromatic carbocycles. The maximum atomic E-state index is 14.0. The minimum Gasteiger partial charge on any atom is -0.381 e. The Morgan fingerprint density at radius 1 is 1.00 bits per heavy atom. The number of hydrogen-bond donors (Lipinski definition) is 6. The van der Waals surface area contributed by atoms with Crippen molar-refractivity contribution < 1.29 is 27.6 Å². The Hall–Kier alpha value is -5.07. The van der Waals surface area contributed by atoms with Crippen LogP contribution in [0.5, 0.6) is 0 Å². The van der Waals surface area contributed by atoms with Crippen LogP contribution in [-0.4, -0.2) is 110 Å². The molecule has 3 aromatic heterocycles. The lowest BCUT2D eigenvalue weighted by Gasteiger charge is -2.37. The van der Waals surface area contributed by atoms with Crippen LogP contribution in [0, 0.1) is 5.92 Å². The van der Waals surface area contributed by atoms with Crippen LogP contribution in [0.3, 0.4) is 0 Å². The number of benzene rings is 1. The summed E-state index contributed by atoms with van der Waals surface area (Å²) in [6.45, 7) is 4.17. The summed E-state index contributed by atoms with van der Waals surface area (Å²) in [6, 6.07) is 4.78. The second-order valence-corrected chi connectivity index (χ2v) is 12.5. The van der Waals surface area contributed by atoms with Crippen LogP contribution in [-0.2, 0) is 17.5 Å². The predicted molar refractivity (Wildman–Crippen MR) is 180 cm³/mol. The number of nitrogens with two attached hydrogens (primary N) is 1. The van der Waals surface area contributed by atoms with Crippen molar-refractivity contribution in [3.05, 3.63) is 64.5 Å². The van der Waals surface area contributed by atoms with E-state index in [-0.39, 0.29) is 52.3 Å². The summed E-state index contributed by atoms with van der Waals surface area (Å²) in [4.78, 5) is 57.6. The Morgan fingerprint density at radius 2 is 1.71 bits per heavy atom. The van der Waals surface area contributed by atoms with Crippen molar-refractivity contribution in [3.8, 4) is 22.8 Å². The van der Waals surface area contributed by atoms with E-state index in [4.69, 9.17) is 17.3 Å². The predicted octanol–water partition coefficient (Wildman–Crippen LogP) is 2.51. The maximum Gasteiger partial charge on any atom is 0.435 e. The molecule has 2 aliphatic rings. The smallest absolute Gasteiger partial charge is 0.381 e. The fourth-order valence-corrected chi connectivity index (χ4v) is 6.32. The Labute approximate surface area is 294 Å². The fraction of sp³-hybridized carbons (Fsp3) is 0.406. The van der Waals surface area contributed by atoms with Crippen LogP contribution < -0.4 is 21.7 Å². The molecule has 0 atom stereocenters. The Bertz CT molecular complexity index is 1870. The van der Waals surface area contributed by atoms with E-state index in [1.807, 2.05) is 4.90 Å². The van der Waals surface area contributed by atoms with Gasteiger partial charge in [0.15, 0.2) is 17.3 Å². The molecule has 0 spiro atoms. The SMILES string of the molecule is NCCNc1cnc(-c2[nH]nc(C(F)(F)F)c2-c2cnc(C(=O)NCc3ccc(C(=O)N4CCN(C(=O)C5CCNCC5)CC4)c(Cl)c3)[nH]2)nc1. The molecule has 0 aliphatic carbocycles. The van der Waals surface area contributed by atoms with E-state index in [9.17, 15) is 27.6 Å². The summed E-state index contributed by atoms with van der Waals surface area (Å²) in [6.07, 6.45) is 0.689. The van der Waals surface area contributed by atoms with Crippen molar-refractivity contribution in [3.63, 3.8) is 0 Å². The number of carbonyl (C=O) groups excluding carboxylic acids is 3. The summed E-state index contributed by atoms with van der Waals surface area (Å²) in [5.74, 6) is -1.09. The molecule has 2 aliphatic heterocycles. The van der Waals surface area contributed by atoms with Crippen LogP contribution in [0.25, 0.3) is 22.8 Å². The van der Waals surface area contributed by atoms with Crippen molar-refractivity contribution in [1.82, 2.24) is 50.6 Å². The van der Waals surface area contributed by atoms with Gasteiger partial charge in [-0.25, -0.2) is 15.0 Å². The Morgan fingerprint density at radius 3 is 2.37 bits per heavy atom. The first kappa shape index (κ1) is 35.7. The van der Waals surface area contributed by atoms with E-state index >= 15 is 0 Å². The van der Waals surface area contributed by atoms with Gasteiger partial charge in [-0.05, 0) is 43.6 Å². The van der Waals surface area contributed by atoms with Gasteiger partial charge in [0, 0.05) is 51.7 Å². The normalized spacial score (nSPS) is 15.5. The van der Waals surface area contributed by atoms with Gasteiger partial charge in [0.05, 0.1) is 46.1 Å². The zero-order valence-electron chi connectivity index (χ0n) is 27.3. The molecule has 0 bridgehead atoms. The first-order valence-electron chi connectivity index (χ1n) is 16.4. The van der Waals surface area contributed by atoms with Crippen LogP contribution in [0.1, 0.15) is 45.1 Å². The number of aromatic amines is 2. The number of nitrogens with zero attached hydrogens (tertiary/aromatic N) is 6. The second kappa shape index (κ2) is 15.4. The molecule has 4 aromatic rings. The third-order valence-corrected chi connectivity index (χ3v) is 9.04. The van der Waals surface area contributed by atoms with Crippen molar-refractivity contribution >= 4 is 35.0 Å². The van der Waals surface area contributed by atoms with Gasteiger partial charge in [0.2, 0.25) is 5.91 Å². The molecule has 3 amide bonds. The standard InChI is InChI=1S/C32H36ClF3N12O3/c33-22-13-18(1-2-21(22)31(51)48-11-9-47(10-12-48)30(50)19-3-6-38-7-4-19)14-43-29(49)28-42-17-23(44-28)24-25(45-46-26(24)32(34,35)36)27-40-15-20(16-41-27)39-8-5-37/h1-2,13,15-17,19,38-39H,3-12,14,37H2,(H,42,44)(H,43,49)(H,45,46). The zero-order chi connectivity index (χ0) is 36.1. The lowest BCUT2D eigenvalue weighted by molar-refractivity contribution is -0.140. The first-order valence-corrected chi connectivity index (χ1v) is 16.7. The molecule has 7 N–H and O–H groups in total. The maximum absolute atomic E-state index is 14.0. The summed E-state index contributed by atoms with van der Waals surface area (Å²) in [5, 5.41) is 14.9. The third kappa shape index (κ3) is 8.13. The minimum absolute atomic E-state index is 0.0102. The lowest BCUT2D eigenvalue weighted by Crippen LogP contribution is -2.52. The zero-order valence-corrected chi connectivity index (χ0v) is 28.1. The van der Waals surface area contributed by atoms with Gasteiger partial charge in [-0.1, -0.05) is 17.7 Å². The van der Waals surface area contributed by atoms with Gasteiger partial charge in [0.1, 0.15) is 5.69 Å². The highest BCUT2D eigenvalue weighted by Gasteiger charge is 2.40. The first-order chi connectivity index (χ1) is 24.5. The molecule has 0 saturated carbocycles. The molecule has 0 unspecified atom stereocenters. The number of amides is 3. The number of anilines is 1.